The smallest absolute Gasteiger partial charge is 0.259 e. The van der Waals surface area contributed by atoms with E-state index in [1.54, 1.807) is 12.3 Å². The van der Waals surface area contributed by atoms with Crippen LogP contribution >= 0.6 is 27.3 Å². The van der Waals surface area contributed by atoms with Gasteiger partial charge in [0.2, 0.25) is 0 Å². The number of rotatable bonds is 4. The molecule has 0 spiro atoms. The molecule has 7 heteroatoms. The number of benzene rings is 1. The van der Waals surface area contributed by atoms with E-state index < -0.39 is 0 Å². The molecule has 122 valence electrons. The van der Waals surface area contributed by atoms with Gasteiger partial charge in [0, 0.05) is 35.7 Å². The molecule has 0 unspecified atom stereocenters. The van der Waals surface area contributed by atoms with E-state index in [-0.39, 0.29) is 5.91 Å². The first kappa shape index (κ1) is 16.6. The van der Waals surface area contributed by atoms with Crippen LogP contribution in [0.15, 0.2) is 52.4 Å². The van der Waals surface area contributed by atoms with Crippen LogP contribution in [0.5, 0.6) is 0 Å². The number of carbonyl (C=O) groups is 1. The van der Waals surface area contributed by atoms with Crippen LogP contribution in [-0.2, 0) is 0 Å². The highest BCUT2D eigenvalue weighted by atomic mass is 79.9. The highest BCUT2D eigenvalue weighted by Gasteiger charge is 2.11. The van der Waals surface area contributed by atoms with Crippen LogP contribution in [0.3, 0.4) is 0 Å². The van der Waals surface area contributed by atoms with Crippen molar-refractivity contribution in [1.82, 2.24) is 9.97 Å². The molecule has 0 bridgehead atoms. The second-order valence-corrected chi connectivity index (χ2v) is 7.08. The van der Waals surface area contributed by atoms with Gasteiger partial charge in [-0.15, -0.1) is 11.3 Å². The van der Waals surface area contributed by atoms with E-state index in [2.05, 4.69) is 31.2 Å². The van der Waals surface area contributed by atoms with Gasteiger partial charge in [-0.1, -0.05) is 28.1 Å². The number of aromatic nitrogens is 2. The zero-order valence-electron chi connectivity index (χ0n) is 13.2. The molecule has 3 rings (SSSR count). The Balaban J connectivity index is 1.73. The van der Waals surface area contributed by atoms with E-state index in [0.29, 0.717) is 10.7 Å². The molecular weight excluding hydrogens is 388 g/mol. The van der Waals surface area contributed by atoms with Crippen molar-refractivity contribution in [2.24, 2.45) is 0 Å². The Morgan fingerprint density at radius 2 is 2.08 bits per heavy atom. The van der Waals surface area contributed by atoms with Crippen LogP contribution in [-0.4, -0.2) is 30.0 Å². The summed E-state index contributed by atoms with van der Waals surface area (Å²) in [6.07, 6.45) is 1.56. The molecule has 2 heterocycles. The third-order valence-corrected chi connectivity index (χ3v) is 4.56. The number of nitrogens with one attached hydrogen (secondary N) is 1. The Kier molecular flexibility index (Phi) is 4.92. The summed E-state index contributed by atoms with van der Waals surface area (Å²) >= 11 is 4.84. The van der Waals surface area contributed by atoms with Crippen LogP contribution in [0, 0.1) is 0 Å². The second-order valence-electron chi connectivity index (χ2n) is 5.30. The lowest BCUT2D eigenvalue weighted by Crippen LogP contribution is -2.14. The minimum atomic E-state index is -0.219. The summed E-state index contributed by atoms with van der Waals surface area (Å²) in [7, 11) is 3.81. The first-order valence-corrected chi connectivity index (χ1v) is 8.86. The summed E-state index contributed by atoms with van der Waals surface area (Å²) in [5.74, 6) is 0.584. The number of amides is 1. The van der Waals surface area contributed by atoms with E-state index in [9.17, 15) is 4.79 Å². The summed E-state index contributed by atoms with van der Waals surface area (Å²) in [6.45, 7) is 0. The minimum absolute atomic E-state index is 0.219. The van der Waals surface area contributed by atoms with Crippen LogP contribution in [0.4, 0.5) is 10.9 Å². The second kappa shape index (κ2) is 7.11. The number of pyridine rings is 1. The summed E-state index contributed by atoms with van der Waals surface area (Å²) < 4.78 is 0.991. The van der Waals surface area contributed by atoms with Gasteiger partial charge in [0.25, 0.3) is 5.91 Å². The number of nitrogens with zero attached hydrogens (tertiary/aromatic N) is 3. The molecule has 0 radical (unpaired) electrons. The van der Waals surface area contributed by atoms with Gasteiger partial charge in [0.15, 0.2) is 5.13 Å². The van der Waals surface area contributed by atoms with Crippen LogP contribution in [0.2, 0.25) is 0 Å². The lowest BCUT2D eigenvalue weighted by molar-refractivity contribution is 0.102. The van der Waals surface area contributed by atoms with Crippen molar-refractivity contribution in [3.63, 3.8) is 0 Å². The fraction of sp³-hybridized carbons (Fsp3) is 0.118. The normalized spacial score (nSPS) is 10.5. The maximum Gasteiger partial charge on any atom is 0.259 e. The van der Waals surface area contributed by atoms with Crippen molar-refractivity contribution in [3.05, 3.63) is 58.0 Å². The third kappa shape index (κ3) is 3.80. The predicted octanol–water partition coefficient (Wildman–Crippen LogP) is 4.29. The molecule has 0 saturated carbocycles. The Morgan fingerprint density at radius 1 is 1.25 bits per heavy atom. The number of halogens is 1. The SMILES string of the molecule is CN(C)c1ccc(C(=O)Nc2nc(-c3cccc(Br)c3)cs2)cn1. The first-order valence-electron chi connectivity index (χ1n) is 7.19. The van der Waals surface area contributed by atoms with E-state index in [1.807, 2.05) is 54.7 Å². The lowest BCUT2D eigenvalue weighted by atomic mass is 10.2. The molecule has 0 aliphatic rings. The fourth-order valence-electron chi connectivity index (χ4n) is 2.07. The molecule has 0 fully saturated rings. The van der Waals surface area contributed by atoms with Crippen molar-refractivity contribution < 1.29 is 4.79 Å². The average molecular weight is 403 g/mol. The average Bonchev–Trinajstić information content (AvgIpc) is 3.03. The molecule has 0 aliphatic carbocycles. The van der Waals surface area contributed by atoms with E-state index in [0.717, 1.165) is 21.5 Å². The number of hydrogen-bond acceptors (Lipinski definition) is 5. The minimum Gasteiger partial charge on any atom is -0.363 e. The maximum absolute atomic E-state index is 12.3. The van der Waals surface area contributed by atoms with Crippen molar-refractivity contribution >= 4 is 44.1 Å². The molecular formula is C17H15BrN4OS. The van der Waals surface area contributed by atoms with Crippen molar-refractivity contribution in [2.75, 3.05) is 24.3 Å². The maximum atomic E-state index is 12.3. The first-order chi connectivity index (χ1) is 11.5. The Bertz CT molecular complexity index is 861. The molecule has 0 aliphatic heterocycles. The summed E-state index contributed by atoms with van der Waals surface area (Å²) in [5.41, 5.74) is 2.33. The van der Waals surface area contributed by atoms with Gasteiger partial charge >= 0.3 is 0 Å². The quantitative estimate of drug-likeness (QED) is 0.706. The standard InChI is InChI=1S/C17H15BrN4OS/c1-22(2)15-7-6-12(9-19-15)16(23)21-17-20-14(10-24-17)11-4-3-5-13(18)8-11/h3-10H,1-2H3,(H,20,21,23). The molecule has 0 atom stereocenters. The van der Waals surface area contributed by atoms with Gasteiger partial charge in [-0.2, -0.15) is 0 Å². The van der Waals surface area contributed by atoms with Gasteiger partial charge in [-0.25, -0.2) is 9.97 Å². The number of anilines is 2. The molecule has 5 nitrogen and oxygen atoms in total. The number of thiazole rings is 1. The number of hydrogen-bond donors (Lipinski definition) is 1. The van der Waals surface area contributed by atoms with Crippen molar-refractivity contribution in [2.45, 2.75) is 0 Å². The van der Waals surface area contributed by atoms with E-state index in [4.69, 9.17) is 0 Å². The highest BCUT2D eigenvalue weighted by Crippen LogP contribution is 2.27. The fourth-order valence-corrected chi connectivity index (χ4v) is 3.18. The zero-order valence-corrected chi connectivity index (χ0v) is 15.6. The van der Waals surface area contributed by atoms with Crippen LogP contribution in [0.1, 0.15) is 10.4 Å². The molecule has 1 aromatic carbocycles. The van der Waals surface area contributed by atoms with Gasteiger partial charge in [-0.05, 0) is 24.3 Å². The van der Waals surface area contributed by atoms with E-state index in [1.165, 1.54) is 11.3 Å². The van der Waals surface area contributed by atoms with Gasteiger partial charge in [0.05, 0.1) is 11.3 Å². The predicted molar refractivity (Wildman–Crippen MR) is 102 cm³/mol. The molecule has 1 amide bonds. The highest BCUT2D eigenvalue weighted by molar-refractivity contribution is 9.10. The van der Waals surface area contributed by atoms with Gasteiger partial charge in [0.1, 0.15) is 5.82 Å². The molecule has 24 heavy (non-hydrogen) atoms. The third-order valence-electron chi connectivity index (χ3n) is 3.31. The zero-order chi connectivity index (χ0) is 17.1. The van der Waals surface area contributed by atoms with Gasteiger partial charge < -0.3 is 4.90 Å². The van der Waals surface area contributed by atoms with Gasteiger partial charge in [-0.3, -0.25) is 10.1 Å². The Hall–Kier alpha value is -2.25. The van der Waals surface area contributed by atoms with E-state index >= 15 is 0 Å². The Labute approximate surface area is 152 Å². The molecule has 2 aromatic heterocycles. The largest absolute Gasteiger partial charge is 0.363 e. The number of carbonyl (C=O) groups excluding carboxylic acids is 1. The summed E-state index contributed by atoms with van der Waals surface area (Å²) in [4.78, 5) is 22.9. The molecule has 1 N–H and O–H groups in total. The molecule has 0 saturated heterocycles. The Morgan fingerprint density at radius 3 is 2.75 bits per heavy atom. The van der Waals surface area contributed by atoms with Crippen molar-refractivity contribution in [1.29, 1.82) is 0 Å². The summed E-state index contributed by atoms with van der Waals surface area (Å²) in [6, 6.07) is 11.4. The lowest BCUT2D eigenvalue weighted by Gasteiger charge is -2.10. The molecule has 3 aromatic rings. The topological polar surface area (TPSA) is 58.1 Å². The monoisotopic (exact) mass is 402 g/mol. The summed E-state index contributed by atoms with van der Waals surface area (Å²) in [5, 5.41) is 5.30. The van der Waals surface area contributed by atoms with Crippen LogP contribution < -0.4 is 10.2 Å². The van der Waals surface area contributed by atoms with Crippen molar-refractivity contribution in [3.8, 4) is 11.3 Å². The van der Waals surface area contributed by atoms with Crippen LogP contribution in [0.25, 0.3) is 11.3 Å².